The van der Waals surface area contributed by atoms with Crippen molar-refractivity contribution in [2.75, 3.05) is 13.2 Å². The Morgan fingerprint density at radius 1 is 0.795 bits per heavy atom. The van der Waals surface area contributed by atoms with Crippen LogP contribution in [0, 0.1) is 6.92 Å². The van der Waals surface area contributed by atoms with E-state index in [9.17, 15) is 26.2 Å². The first-order valence-electron chi connectivity index (χ1n) is 12.1. The Hall–Kier alpha value is -2.92. The Kier molecular flexibility index (Phi) is 8.14. The van der Waals surface area contributed by atoms with Gasteiger partial charge < -0.3 is 9.05 Å². The van der Waals surface area contributed by atoms with Crippen molar-refractivity contribution in [3.05, 3.63) is 107 Å². The van der Waals surface area contributed by atoms with Crippen LogP contribution in [-0.4, -0.2) is 35.8 Å². The van der Waals surface area contributed by atoms with Gasteiger partial charge in [0.15, 0.2) is 5.28 Å². The molecule has 0 spiro atoms. The van der Waals surface area contributed by atoms with E-state index in [0.29, 0.717) is 0 Å². The number of nitrogens with one attached hydrogen (secondary N) is 1. The molecule has 1 unspecified atom stereocenters. The molecule has 3 aromatic carbocycles. The fourth-order valence-electron chi connectivity index (χ4n) is 4.33. The number of allylic oxidation sites excluding steroid dienone is 1. The minimum atomic E-state index is -4.59. The van der Waals surface area contributed by atoms with Gasteiger partial charge in [-0.1, -0.05) is 60.2 Å². The van der Waals surface area contributed by atoms with Gasteiger partial charge in [-0.3, -0.25) is 9.36 Å². The van der Waals surface area contributed by atoms with Crippen molar-refractivity contribution in [3.8, 4) is 0 Å². The minimum Gasteiger partial charge on any atom is -0.307 e. The summed E-state index contributed by atoms with van der Waals surface area (Å²) in [5.74, 6) is -0.876. The van der Waals surface area contributed by atoms with Gasteiger partial charge in [0.25, 0.3) is 0 Å². The SMILES string of the molecule is CCOP(=O)(OCC)C1(NS(=O)(=O)c2ccc(C)cc2)C=C(S(=O)(=O)c2ccccc2)C(=O)c2ccccc21. The van der Waals surface area contributed by atoms with Gasteiger partial charge in [0.2, 0.25) is 25.6 Å². The minimum absolute atomic E-state index is 0.0528. The van der Waals surface area contributed by atoms with Crippen molar-refractivity contribution in [2.45, 2.75) is 35.8 Å². The van der Waals surface area contributed by atoms with E-state index in [1.165, 1.54) is 60.7 Å². The van der Waals surface area contributed by atoms with Crippen molar-refractivity contribution in [1.29, 1.82) is 0 Å². The Labute approximate surface area is 228 Å². The molecule has 0 bridgehead atoms. The van der Waals surface area contributed by atoms with E-state index in [-0.39, 0.29) is 34.1 Å². The summed E-state index contributed by atoms with van der Waals surface area (Å²) in [4.78, 5) is 12.5. The average molecular weight is 590 g/mol. The summed E-state index contributed by atoms with van der Waals surface area (Å²) in [6, 6.07) is 18.9. The van der Waals surface area contributed by atoms with Crippen LogP contribution in [-0.2, 0) is 38.8 Å². The van der Waals surface area contributed by atoms with Gasteiger partial charge in [-0.25, -0.2) is 16.8 Å². The number of aryl methyl sites for hydroxylation is 1. The largest absolute Gasteiger partial charge is 0.360 e. The van der Waals surface area contributed by atoms with Crippen molar-refractivity contribution < 1.29 is 35.2 Å². The van der Waals surface area contributed by atoms with E-state index in [1.807, 2.05) is 0 Å². The topological polar surface area (TPSA) is 133 Å². The highest BCUT2D eigenvalue weighted by Gasteiger charge is 2.58. The number of carbonyl (C=O) groups excluding carboxylic acids is 1. The highest BCUT2D eigenvalue weighted by molar-refractivity contribution is 7.96. The van der Waals surface area contributed by atoms with Crippen molar-refractivity contribution in [1.82, 2.24) is 4.72 Å². The number of sulfonamides is 1. The van der Waals surface area contributed by atoms with Gasteiger partial charge in [-0.05, 0) is 51.1 Å². The molecule has 9 nitrogen and oxygen atoms in total. The number of sulfone groups is 1. The number of ketones is 1. The Morgan fingerprint density at radius 2 is 1.36 bits per heavy atom. The van der Waals surface area contributed by atoms with Gasteiger partial charge in [0, 0.05) is 11.1 Å². The maximum Gasteiger partial charge on any atom is 0.360 e. The number of carbonyl (C=O) groups is 1. The molecular weight excluding hydrogens is 561 g/mol. The molecule has 0 saturated heterocycles. The van der Waals surface area contributed by atoms with Crippen LogP contribution in [0.25, 0.3) is 0 Å². The van der Waals surface area contributed by atoms with Gasteiger partial charge in [-0.2, -0.15) is 4.72 Å². The number of rotatable bonds is 10. The zero-order valence-electron chi connectivity index (χ0n) is 21.5. The lowest BCUT2D eigenvalue weighted by Gasteiger charge is -2.40. The van der Waals surface area contributed by atoms with Gasteiger partial charge >= 0.3 is 7.60 Å². The van der Waals surface area contributed by atoms with Gasteiger partial charge in [0.1, 0.15) is 4.91 Å². The second-order valence-electron chi connectivity index (χ2n) is 8.72. The summed E-state index contributed by atoms with van der Waals surface area (Å²) in [5.41, 5.74) is 0.603. The predicted molar refractivity (Wildman–Crippen MR) is 147 cm³/mol. The van der Waals surface area contributed by atoms with E-state index in [1.54, 1.807) is 39.0 Å². The summed E-state index contributed by atoms with van der Waals surface area (Å²) >= 11 is 0. The molecule has 0 saturated carbocycles. The first-order chi connectivity index (χ1) is 18.4. The molecule has 206 valence electrons. The molecule has 0 aliphatic heterocycles. The fraction of sp³-hybridized carbons (Fsp3) is 0.222. The molecule has 4 rings (SSSR count). The second-order valence-corrected chi connectivity index (χ2v) is 14.5. The third-order valence-corrected chi connectivity index (χ3v) is 12.1. The maximum atomic E-state index is 14.6. The van der Waals surface area contributed by atoms with Crippen LogP contribution in [0.4, 0.5) is 0 Å². The summed E-state index contributed by atoms with van der Waals surface area (Å²) in [6.45, 7) is 4.56. The third-order valence-electron chi connectivity index (χ3n) is 6.14. The monoisotopic (exact) mass is 589 g/mol. The molecule has 0 amide bonds. The molecule has 0 aromatic heterocycles. The smallest absolute Gasteiger partial charge is 0.307 e. The third kappa shape index (κ3) is 5.18. The standard InChI is InChI=1S/C27H28NO8PS2/c1-4-35-37(30,36-5-2)27(28-39(33,34)22-17-15-20(3)16-18-22)19-25(26(29)23-13-9-10-14-24(23)27)38(31,32)21-11-7-6-8-12-21/h6-19,28H,4-5H2,1-3H3. The van der Waals surface area contributed by atoms with Gasteiger partial charge in [-0.15, -0.1) is 0 Å². The van der Waals surface area contributed by atoms with Crippen LogP contribution in [0.2, 0.25) is 0 Å². The number of hydrogen-bond acceptors (Lipinski definition) is 8. The van der Waals surface area contributed by atoms with Crippen LogP contribution >= 0.6 is 7.60 Å². The molecule has 1 N–H and O–H groups in total. The van der Waals surface area contributed by atoms with Crippen LogP contribution in [0.1, 0.15) is 35.3 Å². The first-order valence-corrected chi connectivity index (χ1v) is 16.6. The van der Waals surface area contributed by atoms with Crippen LogP contribution < -0.4 is 4.72 Å². The molecule has 1 atom stereocenters. The quantitative estimate of drug-likeness (QED) is 0.329. The van der Waals surface area contributed by atoms with Crippen molar-refractivity contribution in [3.63, 3.8) is 0 Å². The van der Waals surface area contributed by atoms with Crippen molar-refractivity contribution in [2.24, 2.45) is 0 Å². The van der Waals surface area contributed by atoms with Crippen LogP contribution in [0.15, 0.2) is 99.6 Å². The Balaban J connectivity index is 2.10. The molecule has 12 heteroatoms. The number of Topliss-reactive ketones (excluding diaryl/α,β-unsaturated/α-hetero) is 1. The molecule has 0 heterocycles. The predicted octanol–water partition coefficient (Wildman–Crippen LogP) is 4.95. The number of hydrogen-bond donors (Lipinski definition) is 1. The molecule has 39 heavy (non-hydrogen) atoms. The summed E-state index contributed by atoms with van der Waals surface area (Å²) < 4.78 is 83.4. The summed E-state index contributed by atoms with van der Waals surface area (Å²) in [7, 11) is -13.6. The van der Waals surface area contributed by atoms with Crippen LogP contribution in [0.5, 0.6) is 0 Å². The lowest BCUT2D eigenvalue weighted by atomic mass is 9.92. The molecule has 0 radical (unpaired) electrons. The lowest BCUT2D eigenvalue weighted by molar-refractivity contribution is 0.103. The number of benzene rings is 3. The summed E-state index contributed by atoms with van der Waals surface area (Å²) in [5, 5.41) is -2.40. The van der Waals surface area contributed by atoms with E-state index in [0.717, 1.165) is 11.6 Å². The van der Waals surface area contributed by atoms with Crippen LogP contribution in [0.3, 0.4) is 0 Å². The van der Waals surface area contributed by atoms with Crippen molar-refractivity contribution >= 4 is 33.2 Å². The normalized spacial score (nSPS) is 17.9. The Morgan fingerprint density at radius 3 is 1.95 bits per heavy atom. The lowest BCUT2D eigenvalue weighted by Crippen LogP contribution is -2.48. The highest BCUT2D eigenvalue weighted by Crippen LogP contribution is 2.66. The van der Waals surface area contributed by atoms with Gasteiger partial charge in [0.05, 0.1) is 23.0 Å². The first kappa shape index (κ1) is 29.1. The molecular formula is C27H28NO8PS2. The molecule has 1 aliphatic rings. The second kappa shape index (κ2) is 10.9. The van der Waals surface area contributed by atoms with E-state index in [2.05, 4.69) is 4.72 Å². The van der Waals surface area contributed by atoms with E-state index in [4.69, 9.17) is 9.05 Å². The molecule has 3 aromatic rings. The summed E-state index contributed by atoms with van der Waals surface area (Å²) in [6.07, 6.45) is 0.873. The Bertz CT molecular complexity index is 1670. The zero-order chi connectivity index (χ0) is 28.5. The average Bonchev–Trinajstić information content (AvgIpc) is 2.91. The zero-order valence-corrected chi connectivity index (χ0v) is 24.1. The molecule has 1 aliphatic carbocycles. The molecule has 0 fully saturated rings. The van der Waals surface area contributed by atoms with E-state index >= 15 is 0 Å². The highest BCUT2D eigenvalue weighted by atomic mass is 32.2. The number of fused-ring (bicyclic) bond motifs is 1. The maximum absolute atomic E-state index is 14.6. The van der Waals surface area contributed by atoms with E-state index < -0.39 is 43.4 Å². The fourth-order valence-corrected chi connectivity index (χ4v) is 9.81.